The number of hydrogen-bond donors (Lipinski definition) is 1. The van der Waals surface area contributed by atoms with Gasteiger partial charge in [-0.1, -0.05) is 6.07 Å². The first kappa shape index (κ1) is 16.6. The third-order valence-electron chi connectivity index (χ3n) is 3.92. The van der Waals surface area contributed by atoms with Crippen molar-refractivity contribution in [2.24, 2.45) is 0 Å². The van der Waals surface area contributed by atoms with Crippen LogP contribution in [0, 0.1) is 0 Å². The van der Waals surface area contributed by atoms with Crippen molar-refractivity contribution in [1.29, 1.82) is 0 Å². The SMILES string of the molecule is Nc1c(-n2ncc3ccc(C(F)(F)F)cc3c2=O)nc2ccc(Br)cn12. The molecule has 4 aromatic rings. The third-order valence-corrected chi connectivity index (χ3v) is 4.39. The zero-order chi connectivity index (χ0) is 18.6. The molecule has 0 aliphatic heterocycles. The second kappa shape index (κ2) is 5.56. The molecule has 10 heteroatoms. The summed E-state index contributed by atoms with van der Waals surface area (Å²) in [6, 6.07) is 6.35. The Hall–Kier alpha value is -2.88. The van der Waals surface area contributed by atoms with Crippen molar-refractivity contribution < 1.29 is 13.2 Å². The van der Waals surface area contributed by atoms with E-state index in [9.17, 15) is 18.0 Å². The van der Waals surface area contributed by atoms with Gasteiger partial charge in [-0.25, -0.2) is 4.98 Å². The highest BCUT2D eigenvalue weighted by Crippen LogP contribution is 2.30. The van der Waals surface area contributed by atoms with Gasteiger partial charge in [0.2, 0.25) is 5.82 Å². The minimum atomic E-state index is -4.55. The van der Waals surface area contributed by atoms with Crippen LogP contribution in [0.25, 0.3) is 22.2 Å². The number of benzene rings is 1. The number of nitrogens with zero attached hydrogens (tertiary/aromatic N) is 4. The predicted octanol–water partition coefficient (Wildman–Crippen LogP) is 3.40. The highest BCUT2D eigenvalue weighted by molar-refractivity contribution is 9.10. The molecule has 0 atom stereocenters. The van der Waals surface area contributed by atoms with E-state index in [1.807, 2.05) is 0 Å². The lowest BCUT2D eigenvalue weighted by molar-refractivity contribution is -0.137. The lowest BCUT2D eigenvalue weighted by atomic mass is 10.1. The van der Waals surface area contributed by atoms with E-state index >= 15 is 0 Å². The molecule has 6 nitrogen and oxygen atoms in total. The average molecular weight is 424 g/mol. The van der Waals surface area contributed by atoms with E-state index in [1.54, 1.807) is 22.7 Å². The smallest absolute Gasteiger partial charge is 0.382 e. The minimum Gasteiger partial charge on any atom is -0.382 e. The van der Waals surface area contributed by atoms with Crippen LogP contribution in [0.1, 0.15) is 5.56 Å². The molecular formula is C16H9BrF3N5O. The first-order valence-corrected chi connectivity index (χ1v) is 8.08. The molecule has 0 bridgehead atoms. The summed E-state index contributed by atoms with van der Waals surface area (Å²) in [5.74, 6) is 0.189. The third kappa shape index (κ3) is 2.53. The Kier molecular flexibility index (Phi) is 3.55. The van der Waals surface area contributed by atoms with Crippen LogP contribution in [-0.2, 0) is 6.18 Å². The van der Waals surface area contributed by atoms with E-state index in [1.165, 1.54) is 12.3 Å². The largest absolute Gasteiger partial charge is 0.416 e. The normalized spacial score (nSPS) is 12.2. The van der Waals surface area contributed by atoms with E-state index in [2.05, 4.69) is 26.0 Å². The Morgan fingerprint density at radius 1 is 1.15 bits per heavy atom. The van der Waals surface area contributed by atoms with Crippen LogP contribution in [0.3, 0.4) is 0 Å². The first-order valence-electron chi connectivity index (χ1n) is 7.28. The minimum absolute atomic E-state index is 0.0485. The summed E-state index contributed by atoms with van der Waals surface area (Å²) in [6.45, 7) is 0. The molecule has 0 aliphatic carbocycles. The van der Waals surface area contributed by atoms with E-state index in [-0.39, 0.29) is 17.0 Å². The topological polar surface area (TPSA) is 78.2 Å². The van der Waals surface area contributed by atoms with Gasteiger partial charge in [0.25, 0.3) is 5.56 Å². The molecule has 26 heavy (non-hydrogen) atoms. The molecule has 0 saturated carbocycles. The number of nitrogens with two attached hydrogens (primary N) is 1. The molecule has 0 amide bonds. The zero-order valence-electron chi connectivity index (χ0n) is 12.8. The number of rotatable bonds is 1. The molecule has 3 heterocycles. The molecule has 0 unspecified atom stereocenters. The van der Waals surface area contributed by atoms with E-state index in [4.69, 9.17) is 5.73 Å². The number of imidazole rings is 1. The van der Waals surface area contributed by atoms with Crippen LogP contribution >= 0.6 is 15.9 Å². The van der Waals surface area contributed by atoms with Gasteiger partial charge in [-0.2, -0.15) is 23.0 Å². The molecule has 3 aromatic heterocycles. The summed E-state index contributed by atoms with van der Waals surface area (Å²) in [5, 5.41) is 4.18. The molecule has 2 N–H and O–H groups in total. The molecule has 4 rings (SSSR count). The summed E-state index contributed by atoms with van der Waals surface area (Å²) >= 11 is 3.31. The Morgan fingerprint density at radius 2 is 1.92 bits per heavy atom. The van der Waals surface area contributed by atoms with Crippen LogP contribution in [0.5, 0.6) is 0 Å². The van der Waals surface area contributed by atoms with Crippen LogP contribution in [0.15, 0.2) is 52.0 Å². The summed E-state index contributed by atoms with van der Waals surface area (Å²) in [5.41, 5.74) is 4.88. The van der Waals surface area contributed by atoms with Gasteiger partial charge in [0.15, 0.2) is 5.82 Å². The van der Waals surface area contributed by atoms with Crippen molar-refractivity contribution in [2.75, 3.05) is 5.73 Å². The number of aromatic nitrogens is 4. The van der Waals surface area contributed by atoms with Gasteiger partial charge in [-0.05, 0) is 40.2 Å². The van der Waals surface area contributed by atoms with Gasteiger partial charge in [0.1, 0.15) is 5.65 Å². The fourth-order valence-corrected chi connectivity index (χ4v) is 2.99. The maximum absolute atomic E-state index is 12.9. The summed E-state index contributed by atoms with van der Waals surface area (Å²) in [4.78, 5) is 17.0. The van der Waals surface area contributed by atoms with Gasteiger partial charge in [0, 0.05) is 16.1 Å². The fraction of sp³-hybridized carbons (Fsp3) is 0.0625. The highest BCUT2D eigenvalue weighted by atomic mass is 79.9. The molecule has 132 valence electrons. The van der Waals surface area contributed by atoms with Gasteiger partial charge < -0.3 is 5.73 Å². The van der Waals surface area contributed by atoms with Crippen LogP contribution in [-0.4, -0.2) is 19.2 Å². The van der Waals surface area contributed by atoms with Crippen molar-refractivity contribution >= 4 is 38.2 Å². The number of anilines is 1. The van der Waals surface area contributed by atoms with Crippen LogP contribution < -0.4 is 11.3 Å². The number of alkyl halides is 3. The molecule has 1 aromatic carbocycles. The van der Waals surface area contributed by atoms with Gasteiger partial charge in [-0.15, -0.1) is 0 Å². The number of halogens is 4. The number of pyridine rings is 1. The van der Waals surface area contributed by atoms with Crippen LogP contribution in [0.4, 0.5) is 19.0 Å². The molecule has 0 aliphatic rings. The summed E-state index contributed by atoms with van der Waals surface area (Å²) in [6.07, 6.45) is -1.59. The van der Waals surface area contributed by atoms with Crippen molar-refractivity contribution in [1.82, 2.24) is 19.2 Å². The van der Waals surface area contributed by atoms with Crippen molar-refractivity contribution in [3.63, 3.8) is 0 Å². The van der Waals surface area contributed by atoms with E-state index in [0.29, 0.717) is 11.0 Å². The highest BCUT2D eigenvalue weighted by Gasteiger charge is 2.31. The number of nitrogen functional groups attached to an aromatic ring is 1. The maximum Gasteiger partial charge on any atom is 0.416 e. The lowest BCUT2D eigenvalue weighted by Gasteiger charge is -2.08. The van der Waals surface area contributed by atoms with Gasteiger partial charge >= 0.3 is 6.18 Å². The first-order chi connectivity index (χ1) is 12.3. The lowest BCUT2D eigenvalue weighted by Crippen LogP contribution is -2.22. The fourth-order valence-electron chi connectivity index (χ4n) is 2.65. The monoisotopic (exact) mass is 423 g/mol. The van der Waals surface area contributed by atoms with Crippen molar-refractivity contribution in [3.05, 3.63) is 63.1 Å². The summed E-state index contributed by atoms with van der Waals surface area (Å²) < 4.78 is 42.0. The summed E-state index contributed by atoms with van der Waals surface area (Å²) in [7, 11) is 0. The van der Waals surface area contributed by atoms with Gasteiger partial charge in [-0.3, -0.25) is 9.20 Å². The molecule has 0 radical (unpaired) electrons. The average Bonchev–Trinajstić information content (AvgIpc) is 2.91. The Balaban J connectivity index is 1.99. The van der Waals surface area contributed by atoms with Crippen LogP contribution in [0.2, 0.25) is 0 Å². The van der Waals surface area contributed by atoms with Crippen molar-refractivity contribution in [2.45, 2.75) is 6.18 Å². The second-order valence-corrected chi connectivity index (χ2v) is 6.47. The Bertz CT molecular complexity index is 1230. The molecule has 0 spiro atoms. The Morgan fingerprint density at radius 3 is 2.65 bits per heavy atom. The Labute approximate surface area is 151 Å². The zero-order valence-corrected chi connectivity index (χ0v) is 14.4. The van der Waals surface area contributed by atoms with Gasteiger partial charge in [0.05, 0.1) is 17.1 Å². The quantitative estimate of drug-likeness (QED) is 0.508. The molecule has 0 fully saturated rings. The van der Waals surface area contributed by atoms with E-state index in [0.717, 1.165) is 21.3 Å². The molecule has 0 saturated heterocycles. The maximum atomic E-state index is 12.9. The van der Waals surface area contributed by atoms with Crippen molar-refractivity contribution in [3.8, 4) is 5.82 Å². The standard InChI is InChI=1S/C16H9BrF3N5O/c17-10-3-4-12-23-14(13(21)24(12)7-10)25-15(26)11-5-9(16(18,19)20)2-1-8(11)6-22-25/h1-7H,21H2. The van der Waals surface area contributed by atoms with E-state index < -0.39 is 17.3 Å². The second-order valence-electron chi connectivity index (χ2n) is 5.56. The predicted molar refractivity (Wildman–Crippen MR) is 93.2 cm³/mol. The molecular weight excluding hydrogens is 415 g/mol. The number of fused-ring (bicyclic) bond motifs is 2. The number of hydrogen-bond acceptors (Lipinski definition) is 4.